The summed E-state index contributed by atoms with van der Waals surface area (Å²) in [6.07, 6.45) is 2.27. The summed E-state index contributed by atoms with van der Waals surface area (Å²) in [6.45, 7) is 0. The molecule has 0 aliphatic heterocycles. The molecule has 0 amide bonds. The quantitative estimate of drug-likeness (QED) is 0.743. The van der Waals surface area contributed by atoms with Crippen LogP contribution in [0.15, 0.2) is 24.3 Å². The third-order valence-corrected chi connectivity index (χ3v) is 2.75. The van der Waals surface area contributed by atoms with Crippen LogP contribution in [0, 0.1) is 0 Å². The topological polar surface area (TPSA) is 29.3 Å². The normalized spacial score (nSPS) is 18.4. The van der Waals surface area contributed by atoms with E-state index in [0.717, 1.165) is 12.8 Å². The van der Waals surface area contributed by atoms with E-state index in [9.17, 15) is 0 Å². The lowest BCUT2D eigenvalue weighted by Crippen LogP contribution is -2.18. The summed E-state index contributed by atoms with van der Waals surface area (Å²) >= 11 is 0. The second kappa shape index (κ2) is 2.74. The molecule has 2 rings (SSSR count). The summed E-state index contributed by atoms with van der Waals surface area (Å²) < 4.78 is 0. The van der Waals surface area contributed by atoms with Gasteiger partial charge in [-0.15, -0.1) is 0 Å². The van der Waals surface area contributed by atoms with Gasteiger partial charge in [-0.3, -0.25) is 0 Å². The number of nitrogens with zero attached hydrogens (tertiary/aromatic N) is 1. The van der Waals surface area contributed by atoms with Gasteiger partial charge < -0.3 is 10.6 Å². The lowest BCUT2D eigenvalue weighted by atomic mass is 10.1. The van der Waals surface area contributed by atoms with Gasteiger partial charge in [-0.05, 0) is 30.5 Å². The van der Waals surface area contributed by atoms with Crippen molar-refractivity contribution < 1.29 is 0 Å². The van der Waals surface area contributed by atoms with Crippen molar-refractivity contribution in [3.8, 4) is 0 Å². The molecule has 70 valence electrons. The van der Waals surface area contributed by atoms with Gasteiger partial charge in [0.2, 0.25) is 0 Å². The third-order valence-electron chi connectivity index (χ3n) is 2.75. The first kappa shape index (κ1) is 8.57. The average Bonchev–Trinajstić information content (AvgIpc) is 2.85. The fourth-order valence-corrected chi connectivity index (χ4v) is 1.51. The molecule has 0 heterocycles. The maximum atomic E-state index is 6.08. The Labute approximate surface area is 79.4 Å². The van der Waals surface area contributed by atoms with E-state index in [0.29, 0.717) is 0 Å². The van der Waals surface area contributed by atoms with E-state index in [4.69, 9.17) is 5.73 Å². The van der Waals surface area contributed by atoms with Gasteiger partial charge in [0.15, 0.2) is 0 Å². The molecule has 1 aliphatic rings. The minimum absolute atomic E-state index is 0.00480. The molecule has 2 nitrogen and oxygen atoms in total. The minimum Gasteiger partial charge on any atom is -0.378 e. The van der Waals surface area contributed by atoms with Gasteiger partial charge in [0, 0.05) is 25.3 Å². The van der Waals surface area contributed by atoms with Gasteiger partial charge >= 0.3 is 0 Å². The Hall–Kier alpha value is -1.02. The van der Waals surface area contributed by atoms with E-state index in [-0.39, 0.29) is 5.54 Å². The summed E-state index contributed by atoms with van der Waals surface area (Å²) in [4.78, 5) is 2.10. The molecule has 1 aromatic rings. The highest BCUT2D eigenvalue weighted by atomic mass is 15.1. The molecule has 2 N–H and O–H groups in total. The Morgan fingerprint density at radius 3 is 2.08 bits per heavy atom. The molecule has 0 aromatic heterocycles. The fourth-order valence-electron chi connectivity index (χ4n) is 1.51. The van der Waals surface area contributed by atoms with Crippen LogP contribution in [0.4, 0.5) is 5.69 Å². The van der Waals surface area contributed by atoms with Crippen LogP contribution < -0.4 is 10.6 Å². The number of benzene rings is 1. The van der Waals surface area contributed by atoms with Gasteiger partial charge in [-0.1, -0.05) is 12.1 Å². The van der Waals surface area contributed by atoms with Gasteiger partial charge in [-0.2, -0.15) is 0 Å². The average molecular weight is 176 g/mol. The predicted octanol–water partition coefficient (Wildman–Crippen LogP) is 1.70. The molecule has 0 bridgehead atoms. The number of rotatable bonds is 2. The maximum Gasteiger partial charge on any atom is 0.0411 e. The molecular formula is C11H16N2. The molecule has 0 atom stereocenters. The first-order chi connectivity index (χ1) is 6.12. The number of hydrogen-bond acceptors (Lipinski definition) is 2. The Bertz CT molecular complexity index is 296. The summed E-state index contributed by atoms with van der Waals surface area (Å²) in [5.41, 5.74) is 8.59. The van der Waals surface area contributed by atoms with Crippen molar-refractivity contribution in [3.05, 3.63) is 29.8 Å². The molecule has 1 fully saturated rings. The van der Waals surface area contributed by atoms with Crippen LogP contribution in [0.5, 0.6) is 0 Å². The third kappa shape index (κ3) is 1.54. The first-order valence-electron chi connectivity index (χ1n) is 4.69. The molecule has 13 heavy (non-hydrogen) atoms. The molecule has 2 heteroatoms. The van der Waals surface area contributed by atoms with E-state index < -0.39 is 0 Å². The van der Waals surface area contributed by atoms with Crippen molar-refractivity contribution in [2.75, 3.05) is 19.0 Å². The van der Waals surface area contributed by atoms with Gasteiger partial charge in [0.1, 0.15) is 0 Å². The molecule has 0 unspecified atom stereocenters. The van der Waals surface area contributed by atoms with Crippen molar-refractivity contribution >= 4 is 5.69 Å². The zero-order valence-electron chi connectivity index (χ0n) is 8.25. The molecule has 0 spiro atoms. The van der Waals surface area contributed by atoms with Gasteiger partial charge in [-0.25, -0.2) is 0 Å². The number of anilines is 1. The maximum absolute atomic E-state index is 6.08. The molecule has 1 saturated carbocycles. The van der Waals surface area contributed by atoms with Crippen LogP contribution in [-0.4, -0.2) is 14.1 Å². The first-order valence-corrected chi connectivity index (χ1v) is 4.69. The smallest absolute Gasteiger partial charge is 0.0411 e. The Kier molecular flexibility index (Phi) is 1.81. The number of hydrogen-bond donors (Lipinski definition) is 1. The summed E-state index contributed by atoms with van der Waals surface area (Å²) in [7, 11) is 4.09. The lowest BCUT2D eigenvalue weighted by Gasteiger charge is -2.14. The van der Waals surface area contributed by atoms with Crippen molar-refractivity contribution in [1.82, 2.24) is 0 Å². The highest BCUT2D eigenvalue weighted by Gasteiger charge is 2.39. The van der Waals surface area contributed by atoms with Crippen molar-refractivity contribution in [3.63, 3.8) is 0 Å². The van der Waals surface area contributed by atoms with Gasteiger partial charge in [0.25, 0.3) is 0 Å². The monoisotopic (exact) mass is 176 g/mol. The van der Waals surface area contributed by atoms with Crippen LogP contribution in [0.3, 0.4) is 0 Å². The highest BCUT2D eigenvalue weighted by Crippen LogP contribution is 2.42. The molecule has 0 saturated heterocycles. The van der Waals surface area contributed by atoms with E-state index in [1.807, 2.05) is 14.1 Å². The van der Waals surface area contributed by atoms with Crippen molar-refractivity contribution in [2.45, 2.75) is 18.4 Å². The molecule has 1 aromatic carbocycles. The second-order valence-electron chi connectivity index (χ2n) is 4.10. The Morgan fingerprint density at radius 1 is 1.15 bits per heavy atom. The van der Waals surface area contributed by atoms with E-state index in [1.54, 1.807) is 0 Å². The van der Waals surface area contributed by atoms with Gasteiger partial charge in [0.05, 0.1) is 0 Å². The molecular weight excluding hydrogens is 160 g/mol. The summed E-state index contributed by atoms with van der Waals surface area (Å²) in [5, 5.41) is 0. The minimum atomic E-state index is 0.00480. The van der Waals surface area contributed by atoms with E-state index in [1.165, 1.54) is 11.3 Å². The fraction of sp³-hybridized carbons (Fsp3) is 0.455. The zero-order valence-corrected chi connectivity index (χ0v) is 8.25. The Balaban J connectivity index is 2.24. The summed E-state index contributed by atoms with van der Waals surface area (Å²) in [6, 6.07) is 8.54. The molecule has 1 aliphatic carbocycles. The van der Waals surface area contributed by atoms with Crippen LogP contribution in [-0.2, 0) is 5.54 Å². The van der Waals surface area contributed by atoms with E-state index in [2.05, 4.69) is 29.2 Å². The Morgan fingerprint density at radius 2 is 1.69 bits per heavy atom. The van der Waals surface area contributed by atoms with E-state index >= 15 is 0 Å². The van der Waals surface area contributed by atoms with Crippen LogP contribution in [0.2, 0.25) is 0 Å². The SMILES string of the molecule is CN(C)c1ccc(C2(N)CC2)cc1. The van der Waals surface area contributed by atoms with Crippen molar-refractivity contribution in [1.29, 1.82) is 0 Å². The van der Waals surface area contributed by atoms with Crippen LogP contribution >= 0.6 is 0 Å². The summed E-state index contributed by atoms with van der Waals surface area (Å²) in [5.74, 6) is 0. The van der Waals surface area contributed by atoms with Crippen LogP contribution in [0.1, 0.15) is 18.4 Å². The molecule has 0 radical (unpaired) electrons. The largest absolute Gasteiger partial charge is 0.378 e. The van der Waals surface area contributed by atoms with Crippen LogP contribution in [0.25, 0.3) is 0 Å². The zero-order chi connectivity index (χ0) is 9.47. The number of nitrogens with two attached hydrogens (primary N) is 1. The predicted molar refractivity (Wildman–Crippen MR) is 55.9 cm³/mol. The highest BCUT2D eigenvalue weighted by molar-refractivity contribution is 5.47. The lowest BCUT2D eigenvalue weighted by molar-refractivity contribution is 0.740. The van der Waals surface area contributed by atoms with Crippen molar-refractivity contribution in [2.24, 2.45) is 5.73 Å². The standard InChI is InChI=1S/C11H16N2/c1-13(2)10-5-3-9(4-6-10)11(12)7-8-11/h3-6H,7-8,12H2,1-2H3. The second-order valence-corrected chi connectivity index (χ2v) is 4.10.